The molecule has 0 aromatic heterocycles. The molecule has 0 saturated carbocycles. The van der Waals surface area contributed by atoms with Crippen LogP contribution in [0.1, 0.15) is 38.8 Å². The summed E-state index contributed by atoms with van der Waals surface area (Å²) in [6, 6.07) is 10.7. The Kier molecular flexibility index (Phi) is 5.12. The number of fused-ring (bicyclic) bond motifs is 1. The van der Waals surface area contributed by atoms with E-state index in [1.165, 1.54) is 6.07 Å². The number of carbonyl (C=O) groups excluding carboxylic acids is 2. The number of nitrogens with one attached hydrogen (secondary N) is 1. The third-order valence-corrected chi connectivity index (χ3v) is 4.41. The summed E-state index contributed by atoms with van der Waals surface area (Å²) in [4.78, 5) is 36.1. The molecule has 0 fully saturated rings. The second kappa shape index (κ2) is 7.49. The Balaban J connectivity index is 1.84. The molecule has 7 heteroatoms. The number of ether oxygens (including phenoxy) is 1. The third-order valence-electron chi connectivity index (χ3n) is 4.41. The summed E-state index contributed by atoms with van der Waals surface area (Å²) in [6.45, 7) is 1.74. The fraction of sp³-hybridized carbons (Fsp3) is 0.250. The van der Waals surface area contributed by atoms with E-state index in [1.807, 2.05) is 6.07 Å². The normalized spacial score (nSPS) is 16.8. The molecule has 140 valence electrons. The number of cyclic esters (lactones) is 1. The van der Waals surface area contributed by atoms with Gasteiger partial charge in [-0.2, -0.15) is 0 Å². The topological polar surface area (TPSA) is 113 Å². The molecule has 1 heterocycles. The second-order valence-electron chi connectivity index (χ2n) is 6.47. The van der Waals surface area contributed by atoms with E-state index < -0.39 is 29.6 Å². The van der Waals surface area contributed by atoms with Gasteiger partial charge in [0.05, 0.1) is 5.56 Å². The highest BCUT2D eigenvalue weighted by molar-refractivity contribution is 6.04. The van der Waals surface area contributed by atoms with Gasteiger partial charge in [-0.1, -0.05) is 36.4 Å². The van der Waals surface area contributed by atoms with Crippen LogP contribution in [0.25, 0.3) is 0 Å². The fourth-order valence-electron chi connectivity index (χ4n) is 3.09. The van der Waals surface area contributed by atoms with Gasteiger partial charge in [0.25, 0.3) is 5.91 Å². The summed E-state index contributed by atoms with van der Waals surface area (Å²) < 4.78 is 5.10. The van der Waals surface area contributed by atoms with Gasteiger partial charge in [-0.15, -0.1) is 0 Å². The zero-order valence-electron chi connectivity index (χ0n) is 14.6. The molecular formula is C20H19NO6. The second-order valence-corrected chi connectivity index (χ2v) is 6.47. The fourth-order valence-corrected chi connectivity index (χ4v) is 3.09. The molecule has 1 aliphatic rings. The van der Waals surface area contributed by atoms with E-state index in [1.54, 1.807) is 37.3 Å². The number of carbonyl (C=O) groups is 3. The van der Waals surface area contributed by atoms with Gasteiger partial charge in [0.2, 0.25) is 0 Å². The van der Waals surface area contributed by atoms with E-state index in [2.05, 4.69) is 5.32 Å². The lowest BCUT2D eigenvalue weighted by atomic mass is 9.95. The van der Waals surface area contributed by atoms with Crippen LogP contribution in [0.4, 0.5) is 0 Å². The average Bonchev–Trinajstić information content (AvgIpc) is 2.61. The van der Waals surface area contributed by atoms with Crippen molar-refractivity contribution in [3.8, 4) is 5.75 Å². The minimum atomic E-state index is -1.20. The van der Waals surface area contributed by atoms with Gasteiger partial charge in [-0.05, 0) is 24.1 Å². The van der Waals surface area contributed by atoms with Crippen molar-refractivity contribution in [2.75, 3.05) is 0 Å². The first-order valence-electron chi connectivity index (χ1n) is 8.50. The molecule has 27 heavy (non-hydrogen) atoms. The molecule has 2 aromatic rings. The Morgan fingerprint density at radius 3 is 2.59 bits per heavy atom. The van der Waals surface area contributed by atoms with Crippen molar-refractivity contribution in [3.05, 3.63) is 64.7 Å². The summed E-state index contributed by atoms with van der Waals surface area (Å²) in [6.07, 6.45) is 0.210. The minimum absolute atomic E-state index is 0.0457. The lowest BCUT2D eigenvalue weighted by Gasteiger charge is -2.23. The molecule has 3 N–H and O–H groups in total. The molecule has 2 unspecified atom stereocenters. The summed E-state index contributed by atoms with van der Waals surface area (Å²) in [7, 11) is 0. The van der Waals surface area contributed by atoms with Crippen molar-refractivity contribution < 1.29 is 29.3 Å². The van der Waals surface area contributed by atoms with E-state index in [0.717, 1.165) is 5.56 Å². The number of esters is 1. The molecule has 7 nitrogen and oxygen atoms in total. The monoisotopic (exact) mass is 369 g/mol. The molecule has 0 aliphatic carbocycles. The number of aromatic hydroxyl groups is 1. The van der Waals surface area contributed by atoms with Crippen LogP contribution in [0, 0.1) is 0 Å². The van der Waals surface area contributed by atoms with Gasteiger partial charge < -0.3 is 20.3 Å². The zero-order chi connectivity index (χ0) is 19.6. The highest BCUT2D eigenvalue weighted by Gasteiger charge is 2.30. The van der Waals surface area contributed by atoms with Gasteiger partial charge in [0.1, 0.15) is 23.5 Å². The standard InChI is InChI=1S/C20H19NO6/c1-11-9-13-7-8-14(17(22)16(13)20(26)27-11)18(23)21-15(19(24)25)10-12-5-3-2-4-6-12/h2-8,11,15,22H,9-10H2,1H3,(H,21,23)(H,24,25). The van der Waals surface area contributed by atoms with Crippen LogP contribution in [-0.2, 0) is 22.4 Å². The third kappa shape index (κ3) is 3.92. The molecule has 0 spiro atoms. The highest BCUT2D eigenvalue weighted by atomic mass is 16.5. The summed E-state index contributed by atoms with van der Waals surface area (Å²) in [5.74, 6) is -3.16. The molecule has 0 radical (unpaired) electrons. The van der Waals surface area contributed by atoms with Crippen molar-refractivity contribution in [2.24, 2.45) is 0 Å². The Bertz CT molecular complexity index is 893. The number of carboxylic acids is 1. The Morgan fingerprint density at radius 1 is 1.22 bits per heavy atom. The Hall–Kier alpha value is -3.35. The van der Waals surface area contributed by atoms with Gasteiger partial charge in [-0.25, -0.2) is 9.59 Å². The predicted octanol–water partition coefficient (Wildman–Crippen LogP) is 1.92. The number of carboxylic acid groups (broad SMARTS) is 1. The smallest absolute Gasteiger partial charge is 0.342 e. The molecule has 0 bridgehead atoms. The molecule has 1 amide bonds. The van der Waals surface area contributed by atoms with Gasteiger partial charge >= 0.3 is 11.9 Å². The zero-order valence-corrected chi connectivity index (χ0v) is 14.6. The van der Waals surface area contributed by atoms with Crippen molar-refractivity contribution in [2.45, 2.75) is 31.9 Å². The van der Waals surface area contributed by atoms with Crippen LogP contribution in [-0.4, -0.2) is 40.2 Å². The number of hydrogen-bond acceptors (Lipinski definition) is 5. The van der Waals surface area contributed by atoms with Crippen molar-refractivity contribution in [1.29, 1.82) is 0 Å². The number of hydrogen-bond donors (Lipinski definition) is 3. The van der Waals surface area contributed by atoms with E-state index >= 15 is 0 Å². The number of phenols is 1. The molecule has 3 rings (SSSR count). The lowest BCUT2D eigenvalue weighted by molar-refractivity contribution is -0.139. The quantitative estimate of drug-likeness (QED) is 0.694. The predicted molar refractivity (Wildman–Crippen MR) is 95.7 cm³/mol. The van der Waals surface area contributed by atoms with Crippen LogP contribution < -0.4 is 5.32 Å². The molecule has 2 atom stereocenters. The van der Waals surface area contributed by atoms with Crippen LogP contribution in [0.5, 0.6) is 5.75 Å². The van der Waals surface area contributed by atoms with E-state index in [0.29, 0.717) is 12.0 Å². The maximum absolute atomic E-state index is 12.5. The van der Waals surface area contributed by atoms with Gasteiger partial charge in [0.15, 0.2) is 0 Å². The van der Waals surface area contributed by atoms with E-state index in [-0.39, 0.29) is 23.7 Å². The maximum atomic E-state index is 12.5. The van der Waals surface area contributed by atoms with E-state index in [4.69, 9.17) is 4.74 Å². The number of phenolic OH excluding ortho intramolecular Hbond substituents is 1. The van der Waals surface area contributed by atoms with Gasteiger partial charge in [-0.3, -0.25) is 4.79 Å². The van der Waals surface area contributed by atoms with Crippen molar-refractivity contribution in [1.82, 2.24) is 5.32 Å². The Labute approximate surface area is 155 Å². The Morgan fingerprint density at radius 2 is 1.93 bits per heavy atom. The number of rotatable bonds is 5. The summed E-state index contributed by atoms with van der Waals surface area (Å²) in [5, 5.41) is 22.2. The van der Waals surface area contributed by atoms with Crippen molar-refractivity contribution >= 4 is 17.8 Å². The summed E-state index contributed by atoms with van der Waals surface area (Å²) >= 11 is 0. The molecule has 1 aliphatic heterocycles. The molecule has 2 aromatic carbocycles. The first kappa shape index (κ1) is 18.4. The van der Waals surface area contributed by atoms with Crippen LogP contribution >= 0.6 is 0 Å². The summed E-state index contributed by atoms with van der Waals surface area (Å²) in [5.41, 5.74) is 1.12. The number of aliphatic carboxylic acids is 1. The number of benzene rings is 2. The minimum Gasteiger partial charge on any atom is -0.506 e. The van der Waals surface area contributed by atoms with Gasteiger partial charge in [0, 0.05) is 12.8 Å². The van der Waals surface area contributed by atoms with Crippen molar-refractivity contribution in [3.63, 3.8) is 0 Å². The first-order chi connectivity index (χ1) is 12.9. The molecular weight excluding hydrogens is 350 g/mol. The van der Waals surface area contributed by atoms with Crippen LogP contribution in [0.3, 0.4) is 0 Å². The lowest BCUT2D eigenvalue weighted by Crippen LogP contribution is -2.42. The molecule has 0 saturated heterocycles. The van der Waals surface area contributed by atoms with Crippen LogP contribution in [0.15, 0.2) is 42.5 Å². The van der Waals surface area contributed by atoms with Crippen LogP contribution in [0.2, 0.25) is 0 Å². The average molecular weight is 369 g/mol. The largest absolute Gasteiger partial charge is 0.506 e. The maximum Gasteiger partial charge on any atom is 0.342 e. The number of amides is 1. The van der Waals surface area contributed by atoms with E-state index in [9.17, 15) is 24.6 Å². The SMILES string of the molecule is CC1Cc2ccc(C(=O)NC(Cc3ccccc3)C(=O)O)c(O)c2C(=O)O1. The highest BCUT2D eigenvalue weighted by Crippen LogP contribution is 2.31. The first-order valence-corrected chi connectivity index (χ1v) is 8.50.